The second-order valence-corrected chi connectivity index (χ2v) is 8.11. The summed E-state index contributed by atoms with van der Waals surface area (Å²) in [5.41, 5.74) is 0. The van der Waals surface area contributed by atoms with E-state index in [2.05, 4.69) is 39.4 Å². The highest BCUT2D eigenvalue weighted by Crippen LogP contribution is 2.27. The van der Waals surface area contributed by atoms with Crippen molar-refractivity contribution < 1.29 is 8.42 Å². The van der Waals surface area contributed by atoms with Crippen LogP contribution in [0.5, 0.6) is 0 Å². The van der Waals surface area contributed by atoms with E-state index in [-0.39, 0.29) is 0 Å². The number of nitrogens with one attached hydrogen (secondary N) is 1. The summed E-state index contributed by atoms with van der Waals surface area (Å²) in [4.78, 5) is 2.19. The third kappa shape index (κ3) is 4.62. The van der Waals surface area contributed by atoms with Gasteiger partial charge in [-0.3, -0.25) is 0 Å². The lowest BCUT2D eigenvalue weighted by atomic mass is 10.3. The van der Waals surface area contributed by atoms with E-state index in [0.717, 1.165) is 13.0 Å². The first kappa shape index (κ1) is 16.1. The van der Waals surface area contributed by atoms with Gasteiger partial charge >= 0.3 is 0 Å². The fraction of sp³-hybridized carbons (Fsp3) is 0.636. The molecular formula is C11H19BrN2O2S2. The first-order chi connectivity index (χ1) is 8.34. The Morgan fingerprint density at radius 3 is 2.67 bits per heavy atom. The quantitative estimate of drug-likeness (QED) is 0.765. The summed E-state index contributed by atoms with van der Waals surface area (Å²) < 4.78 is 27.5. The summed E-state index contributed by atoms with van der Waals surface area (Å²) in [7, 11) is -1.33. The van der Waals surface area contributed by atoms with Crippen LogP contribution in [0.3, 0.4) is 0 Å². The van der Waals surface area contributed by atoms with Crippen LogP contribution in [0.2, 0.25) is 0 Å². The highest BCUT2D eigenvalue weighted by atomic mass is 79.9. The highest BCUT2D eigenvalue weighted by molar-refractivity contribution is 9.10. The average Bonchev–Trinajstić information content (AvgIpc) is 2.71. The normalized spacial score (nSPS) is 12.6. The van der Waals surface area contributed by atoms with E-state index >= 15 is 0 Å². The molecule has 18 heavy (non-hydrogen) atoms. The minimum atomic E-state index is -3.36. The maximum Gasteiger partial charge on any atom is 0.251 e. The highest BCUT2D eigenvalue weighted by Gasteiger charge is 2.18. The molecule has 0 amide bonds. The maximum absolute atomic E-state index is 11.9. The monoisotopic (exact) mass is 354 g/mol. The van der Waals surface area contributed by atoms with Crippen molar-refractivity contribution in [1.29, 1.82) is 0 Å². The summed E-state index contributed by atoms with van der Waals surface area (Å²) >= 11 is 4.45. The van der Waals surface area contributed by atoms with Crippen LogP contribution in [0.25, 0.3) is 0 Å². The molecule has 0 aliphatic rings. The second kappa shape index (κ2) is 7.00. The summed E-state index contributed by atoms with van der Waals surface area (Å²) in [6.45, 7) is 5.58. The van der Waals surface area contributed by atoms with Gasteiger partial charge in [0.05, 0.1) is 0 Å². The molecule has 1 aromatic heterocycles. The molecule has 4 nitrogen and oxygen atoms in total. The van der Waals surface area contributed by atoms with Crippen molar-refractivity contribution in [3.05, 3.63) is 15.9 Å². The van der Waals surface area contributed by atoms with Crippen molar-refractivity contribution in [3.8, 4) is 0 Å². The first-order valence-electron chi connectivity index (χ1n) is 5.77. The van der Waals surface area contributed by atoms with Crippen molar-refractivity contribution in [2.75, 3.05) is 20.1 Å². The van der Waals surface area contributed by atoms with Crippen molar-refractivity contribution in [3.63, 3.8) is 0 Å². The molecule has 0 spiro atoms. The van der Waals surface area contributed by atoms with Crippen LogP contribution in [-0.4, -0.2) is 39.5 Å². The molecule has 0 aliphatic heterocycles. The number of sulfonamides is 1. The van der Waals surface area contributed by atoms with Gasteiger partial charge < -0.3 is 4.90 Å². The summed E-state index contributed by atoms with van der Waals surface area (Å²) in [5.74, 6) is 0. The Morgan fingerprint density at radius 2 is 2.17 bits per heavy atom. The number of hydrogen-bond acceptors (Lipinski definition) is 4. The van der Waals surface area contributed by atoms with Crippen LogP contribution in [0, 0.1) is 0 Å². The van der Waals surface area contributed by atoms with Crippen LogP contribution < -0.4 is 4.72 Å². The molecule has 1 heterocycles. The SMILES string of the molecule is CC(C)N(C)CCCNS(=O)(=O)c1sccc1Br. The fourth-order valence-electron chi connectivity index (χ4n) is 1.33. The molecule has 0 bridgehead atoms. The van der Waals surface area contributed by atoms with Gasteiger partial charge in [0.25, 0.3) is 10.0 Å². The molecule has 0 fully saturated rings. The fourth-order valence-corrected chi connectivity index (χ4v) is 4.78. The van der Waals surface area contributed by atoms with Crippen LogP contribution in [0.4, 0.5) is 0 Å². The Hall–Kier alpha value is 0.0500. The minimum absolute atomic E-state index is 0.347. The van der Waals surface area contributed by atoms with Gasteiger partial charge in [-0.1, -0.05) is 0 Å². The third-order valence-electron chi connectivity index (χ3n) is 2.69. The van der Waals surface area contributed by atoms with Gasteiger partial charge in [-0.2, -0.15) is 0 Å². The predicted octanol–water partition coefficient (Wildman–Crippen LogP) is 2.52. The smallest absolute Gasteiger partial charge is 0.251 e. The zero-order valence-electron chi connectivity index (χ0n) is 10.8. The lowest BCUT2D eigenvalue weighted by Crippen LogP contribution is -2.31. The van der Waals surface area contributed by atoms with Crippen LogP contribution in [-0.2, 0) is 10.0 Å². The van der Waals surface area contributed by atoms with E-state index in [1.165, 1.54) is 11.3 Å². The molecule has 1 rings (SSSR count). The number of halogens is 1. The minimum Gasteiger partial charge on any atom is -0.304 e. The summed E-state index contributed by atoms with van der Waals surface area (Å²) in [5, 5.41) is 1.76. The molecule has 0 radical (unpaired) electrons. The maximum atomic E-state index is 11.9. The molecule has 104 valence electrons. The largest absolute Gasteiger partial charge is 0.304 e. The topological polar surface area (TPSA) is 49.4 Å². The van der Waals surface area contributed by atoms with Crippen molar-refractivity contribution in [2.24, 2.45) is 0 Å². The Kier molecular flexibility index (Phi) is 6.26. The zero-order valence-corrected chi connectivity index (χ0v) is 14.0. The first-order valence-corrected chi connectivity index (χ1v) is 8.93. The van der Waals surface area contributed by atoms with E-state index < -0.39 is 10.0 Å². The van der Waals surface area contributed by atoms with E-state index in [4.69, 9.17) is 0 Å². The number of thiophene rings is 1. The Morgan fingerprint density at radius 1 is 1.50 bits per heavy atom. The van der Waals surface area contributed by atoms with Gasteiger partial charge in [0.1, 0.15) is 4.21 Å². The Bertz CT molecular complexity index is 471. The number of hydrogen-bond donors (Lipinski definition) is 1. The predicted molar refractivity (Wildman–Crippen MR) is 79.6 cm³/mol. The second-order valence-electron chi connectivity index (χ2n) is 4.38. The summed E-state index contributed by atoms with van der Waals surface area (Å²) in [6.07, 6.45) is 0.802. The van der Waals surface area contributed by atoms with Crippen molar-refractivity contribution in [2.45, 2.75) is 30.5 Å². The number of nitrogens with zero attached hydrogens (tertiary/aromatic N) is 1. The average molecular weight is 355 g/mol. The van der Waals surface area contributed by atoms with Gasteiger partial charge in [0, 0.05) is 17.1 Å². The van der Waals surface area contributed by atoms with E-state index in [1.807, 2.05) is 7.05 Å². The van der Waals surface area contributed by atoms with Gasteiger partial charge in [0.15, 0.2) is 0 Å². The van der Waals surface area contributed by atoms with Crippen LogP contribution >= 0.6 is 27.3 Å². The molecule has 0 aliphatic carbocycles. The van der Waals surface area contributed by atoms with Gasteiger partial charge in [-0.05, 0) is 61.2 Å². The zero-order chi connectivity index (χ0) is 13.8. The molecule has 1 N–H and O–H groups in total. The van der Waals surface area contributed by atoms with Gasteiger partial charge in [-0.15, -0.1) is 11.3 Å². The third-order valence-corrected chi connectivity index (χ3v) is 6.82. The van der Waals surface area contributed by atoms with Gasteiger partial charge in [0.2, 0.25) is 0 Å². The Labute approximate surface area is 122 Å². The van der Waals surface area contributed by atoms with Crippen molar-refractivity contribution >= 4 is 37.3 Å². The van der Waals surface area contributed by atoms with Crippen molar-refractivity contribution in [1.82, 2.24) is 9.62 Å². The lowest BCUT2D eigenvalue weighted by Gasteiger charge is -2.20. The van der Waals surface area contributed by atoms with E-state index in [1.54, 1.807) is 11.4 Å². The number of rotatable bonds is 7. The molecule has 1 aromatic rings. The lowest BCUT2D eigenvalue weighted by molar-refractivity contribution is 0.271. The molecular weight excluding hydrogens is 336 g/mol. The van der Waals surface area contributed by atoms with E-state index in [9.17, 15) is 8.42 Å². The molecule has 0 saturated heterocycles. The molecule has 0 atom stereocenters. The summed E-state index contributed by atoms with van der Waals surface area (Å²) in [6, 6.07) is 2.22. The standard InChI is InChI=1S/C11H19BrN2O2S2/c1-9(2)14(3)7-4-6-13-18(15,16)11-10(12)5-8-17-11/h5,8-9,13H,4,6-7H2,1-3H3. The van der Waals surface area contributed by atoms with Crippen LogP contribution in [0.15, 0.2) is 20.1 Å². The molecule has 0 saturated carbocycles. The Balaban J connectivity index is 2.42. The molecule has 0 unspecified atom stereocenters. The van der Waals surface area contributed by atoms with E-state index in [0.29, 0.717) is 21.3 Å². The molecule has 7 heteroatoms. The molecule has 0 aromatic carbocycles. The van der Waals surface area contributed by atoms with Crippen LogP contribution in [0.1, 0.15) is 20.3 Å². The van der Waals surface area contributed by atoms with Gasteiger partial charge in [-0.25, -0.2) is 13.1 Å².